The maximum Gasteiger partial charge on any atom is 0.321 e. The third kappa shape index (κ3) is 3.30. The first-order valence-electron chi connectivity index (χ1n) is 7.93. The molecule has 2 aromatic rings. The third-order valence-corrected chi connectivity index (χ3v) is 4.17. The Hall–Kier alpha value is -2.29. The molecule has 0 spiro atoms. The predicted octanol–water partition coefficient (Wildman–Crippen LogP) is 3.70. The van der Waals surface area contributed by atoms with Crippen LogP contribution in [-0.2, 0) is 12.8 Å². The first kappa shape index (κ1) is 14.6. The Bertz CT molecular complexity index is 649. The summed E-state index contributed by atoms with van der Waals surface area (Å²) >= 11 is 0. The molecule has 0 aliphatic carbocycles. The van der Waals surface area contributed by atoms with E-state index in [1.54, 1.807) is 0 Å². The Morgan fingerprint density at radius 1 is 1.14 bits per heavy atom. The lowest BCUT2D eigenvalue weighted by molar-refractivity contribution is 0.246. The Balaban J connectivity index is 1.58. The number of carbonyl (C=O) groups is 1. The van der Waals surface area contributed by atoms with Crippen LogP contribution < -0.4 is 10.2 Å². The van der Waals surface area contributed by atoms with Crippen molar-refractivity contribution in [1.82, 2.24) is 5.32 Å². The van der Waals surface area contributed by atoms with Gasteiger partial charge in [0.15, 0.2) is 0 Å². The first-order valence-corrected chi connectivity index (χ1v) is 7.93. The summed E-state index contributed by atoms with van der Waals surface area (Å²) in [6.07, 6.45) is 2.95. The molecule has 3 heteroatoms. The fourth-order valence-corrected chi connectivity index (χ4v) is 2.91. The van der Waals surface area contributed by atoms with Gasteiger partial charge < -0.3 is 5.32 Å². The van der Waals surface area contributed by atoms with E-state index >= 15 is 0 Å². The summed E-state index contributed by atoms with van der Waals surface area (Å²) in [6, 6.07) is 16.7. The number of aryl methyl sites for hydroxylation is 2. The van der Waals surface area contributed by atoms with Crippen LogP contribution in [0.1, 0.15) is 23.1 Å². The number of nitrogens with zero attached hydrogens (tertiary/aromatic N) is 1. The number of benzene rings is 2. The lowest BCUT2D eigenvalue weighted by Crippen LogP contribution is -2.43. The molecule has 22 heavy (non-hydrogen) atoms. The zero-order valence-corrected chi connectivity index (χ0v) is 13.0. The van der Waals surface area contributed by atoms with Crippen LogP contribution >= 0.6 is 0 Å². The van der Waals surface area contributed by atoms with Crippen LogP contribution in [0.5, 0.6) is 0 Å². The van der Waals surface area contributed by atoms with Gasteiger partial charge in [0.1, 0.15) is 0 Å². The summed E-state index contributed by atoms with van der Waals surface area (Å²) < 4.78 is 0. The molecule has 0 saturated heterocycles. The van der Waals surface area contributed by atoms with Gasteiger partial charge in [0.25, 0.3) is 0 Å². The number of rotatable bonds is 3. The summed E-state index contributed by atoms with van der Waals surface area (Å²) in [7, 11) is 0. The smallest absolute Gasteiger partial charge is 0.321 e. The van der Waals surface area contributed by atoms with Crippen molar-refractivity contribution in [2.24, 2.45) is 0 Å². The fraction of sp³-hybridized carbons (Fsp3) is 0.316. The number of hydrogen-bond acceptors (Lipinski definition) is 1. The van der Waals surface area contributed by atoms with Crippen LogP contribution in [0, 0.1) is 6.92 Å². The maximum atomic E-state index is 12.4. The van der Waals surface area contributed by atoms with Gasteiger partial charge in [0.05, 0.1) is 0 Å². The molecule has 3 nitrogen and oxygen atoms in total. The maximum absolute atomic E-state index is 12.4. The molecular weight excluding hydrogens is 272 g/mol. The largest absolute Gasteiger partial charge is 0.337 e. The summed E-state index contributed by atoms with van der Waals surface area (Å²) in [5, 5.41) is 3.04. The highest BCUT2D eigenvalue weighted by atomic mass is 16.2. The molecule has 0 atom stereocenters. The lowest BCUT2D eigenvalue weighted by atomic mass is 10.0. The van der Waals surface area contributed by atoms with E-state index in [1.165, 1.54) is 16.7 Å². The topological polar surface area (TPSA) is 32.3 Å². The SMILES string of the molecule is Cc1ccc(CCNC(=O)N2CCCc3ccccc32)cc1. The molecule has 114 valence electrons. The molecular formula is C19H22N2O. The number of para-hydroxylation sites is 1. The highest BCUT2D eigenvalue weighted by Crippen LogP contribution is 2.26. The monoisotopic (exact) mass is 294 g/mol. The lowest BCUT2D eigenvalue weighted by Gasteiger charge is -2.29. The van der Waals surface area contributed by atoms with Crippen molar-refractivity contribution in [3.8, 4) is 0 Å². The van der Waals surface area contributed by atoms with E-state index in [0.29, 0.717) is 6.54 Å². The second kappa shape index (κ2) is 6.65. The number of amides is 2. The second-order valence-electron chi connectivity index (χ2n) is 5.85. The Kier molecular flexibility index (Phi) is 4.42. The van der Waals surface area contributed by atoms with Crippen molar-refractivity contribution in [3.05, 3.63) is 65.2 Å². The van der Waals surface area contributed by atoms with Gasteiger partial charge in [-0.05, 0) is 43.4 Å². The minimum Gasteiger partial charge on any atom is -0.337 e. The minimum atomic E-state index is 0.0132. The molecule has 1 aliphatic heterocycles. The normalized spacial score (nSPS) is 13.6. The molecule has 2 amide bonds. The molecule has 0 radical (unpaired) electrons. The van der Waals surface area contributed by atoms with Crippen LogP contribution in [0.2, 0.25) is 0 Å². The van der Waals surface area contributed by atoms with Gasteiger partial charge in [-0.3, -0.25) is 4.90 Å². The summed E-state index contributed by atoms with van der Waals surface area (Å²) in [5.74, 6) is 0. The predicted molar refractivity (Wildman–Crippen MR) is 90.4 cm³/mol. The highest BCUT2D eigenvalue weighted by Gasteiger charge is 2.21. The van der Waals surface area contributed by atoms with Crippen molar-refractivity contribution < 1.29 is 4.79 Å². The number of carbonyl (C=O) groups excluding carboxylic acids is 1. The average Bonchev–Trinajstić information content (AvgIpc) is 2.56. The van der Waals surface area contributed by atoms with Gasteiger partial charge in [0, 0.05) is 18.8 Å². The van der Waals surface area contributed by atoms with Crippen LogP contribution in [0.25, 0.3) is 0 Å². The van der Waals surface area contributed by atoms with Gasteiger partial charge in [-0.15, -0.1) is 0 Å². The van der Waals surface area contributed by atoms with Gasteiger partial charge in [-0.25, -0.2) is 4.79 Å². The van der Waals surface area contributed by atoms with E-state index in [1.807, 2.05) is 23.1 Å². The molecule has 0 aromatic heterocycles. The summed E-state index contributed by atoms with van der Waals surface area (Å²) in [4.78, 5) is 14.3. The molecule has 1 N–H and O–H groups in total. The van der Waals surface area contributed by atoms with E-state index in [0.717, 1.165) is 31.5 Å². The average molecular weight is 294 g/mol. The number of anilines is 1. The van der Waals surface area contributed by atoms with Gasteiger partial charge >= 0.3 is 6.03 Å². The van der Waals surface area contributed by atoms with Crippen LogP contribution in [0.15, 0.2) is 48.5 Å². The van der Waals surface area contributed by atoms with Crippen molar-refractivity contribution >= 4 is 11.7 Å². The Morgan fingerprint density at radius 3 is 2.73 bits per heavy atom. The fourth-order valence-electron chi connectivity index (χ4n) is 2.91. The molecule has 3 rings (SSSR count). The van der Waals surface area contributed by atoms with E-state index in [4.69, 9.17) is 0 Å². The molecule has 0 unspecified atom stereocenters. The quantitative estimate of drug-likeness (QED) is 0.919. The molecule has 0 bridgehead atoms. The van der Waals surface area contributed by atoms with Crippen LogP contribution in [0.4, 0.5) is 10.5 Å². The summed E-state index contributed by atoms with van der Waals surface area (Å²) in [5.41, 5.74) is 4.84. The van der Waals surface area contributed by atoms with Crippen molar-refractivity contribution in [2.45, 2.75) is 26.2 Å². The zero-order chi connectivity index (χ0) is 15.4. The Labute approximate surface area is 132 Å². The highest BCUT2D eigenvalue weighted by molar-refractivity contribution is 5.93. The second-order valence-corrected chi connectivity index (χ2v) is 5.85. The molecule has 2 aromatic carbocycles. The third-order valence-electron chi connectivity index (χ3n) is 4.17. The first-order chi connectivity index (χ1) is 10.7. The molecule has 1 aliphatic rings. The van der Waals surface area contributed by atoms with Crippen molar-refractivity contribution in [2.75, 3.05) is 18.0 Å². The summed E-state index contributed by atoms with van der Waals surface area (Å²) in [6.45, 7) is 3.55. The minimum absolute atomic E-state index is 0.0132. The zero-order valence-electron chi connectivity index (χ0n) is 13.0. The molecule has 0 fully saturated rings. The van der Waals surface area contributed by atoms with E-state index in [9.17, 15) is 4.79 Å². The van der Waals surface area contributed by atoms with Gasteiger partial charge in [-0.2, -0.15) is 0 Å². The number of urea groups is 1. The van der Waals surface area contributed by atoms with Crippen molar-refractivity contribution in [3.63, 3.8) is 0 Å². The number of fused-ring (bicyclic) bond motifs is 1. The van der Waals surface area contributed by atoms with Crippen LogP contribution in [0.3, 0.4) is 0 Å². The molecule has 1 heterocycles. The number of hydrogen-bond donors (Lipinski definition) is 1. The molecule has 0 saturated carbocycles. The Morgan fingerprint density at radius 2 is 1.91 bits per heavy atom. The van der Waals surface area contributed by atoms with Gasteiger partial charge in [-0.1, -0.05) is 48.0 Å². The standard InChI is InChI=1S/C19H22N2O/c1-15-8-10-16(11-9-15)12-13-20-19(22)21-14-4-6-17-5-2-3-7-18(17)21/h2-3,5,7-11H,4,6,12-14H2,1H3,(H,20,22). The van der Waals surface area contributed by atoms with Crippen LogP contribution in [-0.4, -0.2) is 19.1 Å². The van der Waals surface area contributed by atoms with E-state index in [-0.39, 0.29) is 6.03 Å². The van der Waals surface area contributed by atoms with E-state index in [2.05, 4.69) is 42.6 Å². The van der Waals surface area contributed by atoms with E-state index < -0.39 is 0 Å². The van der Waals surface area contributed by atoms with Gasteiger partial charge in [0.2, 0.25) is 0 Å². The number of nitrogens with one attached hydrogen (secondary N) is 1. The van der Waals surface area contributed by atoms with Crippen molar-refractivity contribution in [1.29, 1.82) is 0 Å².